The van der Waals surface area contributed by atoms with Crippen molar-refractivity contribution in [2.75, 3.05) is 32.6 Å². The largest absolute Gasteiger partial charge is 0.497 e. The molecule has 0 radical (unpaired) electrons. The number of hydrogen-bond acceptors (Lipinski definition) is 5. The summed E-state index contributed by atoms with van der Waals surface area (Å²) < 4.78 is 38.6. The summed E-state index contributed by atoms with van der Waals surface area (Å²) in [4.78, 5) is 12.9. The molecule has 1 saturated heterocycles. The standard InChI is InChI=1S/C23H30N2O5S/c1-16(2)18-8-9-21(30-4)22(14-18)31(27,28)25-12-10-17(11-13-25)23(26)24-19-6-5-7-20(15-19)29-3/h5-9,14-17H,10-13H2,1-4H3,(H,24,26). The lowest BCUT2D eigenvalue weighted by Gasteiger charge is -2.31. The predicted molar refractivity (Wildman–Crippen MR) is 120 cm³/mol. The van der Waals surface area contributed by atoms with Crippen LogP contribution in [0, 0.1) is 5.92 Å². The van der Waals surface area contributed by atoms with E-state index >= 15 is 0 Å². The molecule has 1 N–H and O–H groups in total. The van der Waals surface area contributed by atoms with Crippen LogP contribution in [0.2, 0.25) is 0 Å². The molecule has 1 fully saturated rings. The van der Waals surface area contributed by atoms with Gasteiger partial charge in [0.2, 0.25) is 15.9 Å². The number of benzene rings is 2. The molecular weight excluding hydrogens is 416 g/mol. The lowest BCUT2D eigenvalue weighted by atomic mass is 9.97. The van der Waals surface area contributed by atoms with E-state index in [0.29, 0.717) is 30.0 Å². The van der Waals surface area contributed by atoms with Gasteiger partial charge in [0, 0.05) is 30.8 Å². The fraction of sp³-hybridized carbons (Fsp3) is 0.435. The van der Waals surface area contributed by atoms with Gasteiger partial charge in [-0.2, -0.15) is 4.31 Å². The number of carbonyl (C=O) groups is 1. The van der Waals surface area contributed by atoms with Crippen LogP contribution in [0.25, 0.3) is 0 Å². The smallest absolute Gasteiger partial charge is 0.246 e. The number of nitrogens with zero attached hydrogens (tertiary/aromatic N) is 1. The van der Waals surface area contributed by atoms with Crippen LogP contribution in [0.5, 0.6) is 11.5 Å². The molecule has 0 unspecified atom stereocenters. The third kappa shape index (κ3) is 5.19. The van der Waals surface area contributed by atoms with Crippen molar-refractivity contribution in [1.29, 1.82) is 0 Å². The maximum atomic E-state index is 13.3. The molecule has 2 aromatic carbocycles. The summed E-state index contributed by atoms with van der Waals surface area (Å²) in [5.74, 6) is 0.843. The molecule has 0 atom stereocenters. The van der Waals surface area contributed by atoms with Crippen molar-refractivity contribution in [1.82, 2.24) is 4.31 Å². The fourth-order valence-electron chi connectivity index (χ4n) is 3.70. The van der Waals surface area contributed by atoms with Crippen molar-refractivity contribution < 1.29 is 22.7 Å². The minimum absolute atomic E-state index is 0.107. The molecule has 0 spiro atoms. The van der Waals surface area contributed by atoms with Crippen LogP contribution < -0.4 is 14.8 Å². The predicted octanol–water partition coefficient (Wildman–Crippen LogP) is 3.87. The molecule has 1 aliphatic rings. The molecular formula is C23H30N2O5S. The first-order valence-corrected chi connectivity index (χ1v) is 11.8. The number of anilines is 1. The first kappa shape index (κ1) is 23.1. The van der Waals surface area contributed by atoms with Crippen molar-refractivity contribution in [3.8, 4) is 11.5 Å². The second-order valence-electron chi connectivity index (χ2n) is 7.96. The zero-order chi connectivity index (χ0) is 22.6. The van der Waals surface area contributed by atoms with Gasteiger partial charge >= 0.3 is 0 Å². The lowest BCUT2D eigenvalue weighted by Crippen LogP contribution is -2.41. The average Bonchev–Trinajstić information content (AvgIpc) is 2.78. The van der Waals surface area contributed by atoms with Crippen molar-refractivity contribution in [3.05, 3.63) is 48.0 Å². The van der Waals surface area contributed by atoms with Crippen LogP contribution in [-0.2, 0) is 14.8 Å². The van der Waals surface area contributed by atoms with E-state index in [0.717, 1.165) is 5.56 Å². The zero-order valence-corrected chi connectivity index (χ0v) is 19.2. The molecule has 8 heteroatoms. The first-order chi connectivity index (χ1) is 14.8. The summed E-state index contributed by atoms with van der Waals surface area (Å²) in [5, 5.41) is 2.90. The summed E-state index contributed by atoms with van der Waals surface area (Å²) >= 11 is 0. The van der Waals surface area contributed by atoms with Gasteiger partial charge in [-0.15, -0.1) is 0 Å². The molecule has 0 aliphatic carbocycles. The third-order valence-electron chi connectivity index (χ3n) is 5.63. The van der Waals surface area contributed by atoms with Gasteiger partial charge in [0.15, 0.2) is 0 Å². The highest BCUT2D eigenvalue weighted by Gasteiger charge is 2.34. The van der Waals surface area contributed by atoms with E-state index in [9.17, 15) is 13.2 Å². The molecule has 168 valence electrons. The van der Waals surface area contributed by atoms with Crippen molar-refractivity contribution in [2.45, 2.75) is 37.5 Å². The Morgan fingerprint density at radius 2 is 1.77 bits per heavy atom. The Morgan fingerprint density at radius 1 is 1.06 bits per heavy atom. The zero-order valence-electron chi connectivity index (χ0n) is 18.4. The number of carbonyl (C=O) groups excluding carboxylic acids is 1. The molecule has 1 aliphatic heterocycles. The monoisotopic (exact) mass is 446 g/mol. The fourth-order valence-corrected chi connectivity index (χ4v) is 5.36. The molecule has 31 heavy (non-hydrogen) atoms. The minimum atomic E-state index is -3.72. The molecule has 1 heterocycles. The Hall–Kier alpha value is -2.58. The third-order valence-corrected chi connectivity index (χ3v) is 7.55. The van der Waals surface area contributed by atoms with Gasteiger partial charge in [0.05, 0.1) is 14.2 Å². The lowest BCUT2D eigenvalue weighted by molar-refractivity contribution is -0.120. The topological polar surface area (TPSA) is 84.9 Å². The van der Waals surface area contributed by atoms with Gasteiger partial charge in [0.1, 0.15) is 16.4 Å². The summed E-state index contributed by atoms with van der Waals surface area (Å²) in [6.07, 6.45) is 0.919. The number of nitrogens with one attached hydrogen (secondary N) is 1. The average molecular weight is 447 g/mol. The van der Waals surface area contributed by atoms with Gasteiger partial charge < -0.3 is 14.8 Å². The number of hydrogen-bond donors (Lipinski definition) is 1. The second-order valence-corrected chi connectivity index (χ2v) is 9.87. The van der Waals surface area contributed by atoms with Crippen LogP contribution in [0.4, 0.5) is 5.69 Å². The number of amides is 1. The molecule has 0 bridgehead atoms. The Balaban J connectivity index is 1.70. The van der Waals surface area contributed by atoms with E-state index in [1.54, 1.807) is 31.4 Å². The molecule has 1 amide bonds. The highest BCUT2D eigenvalue weighted by atomic mass is 32.2. The van der Waals surface area contributed by atoms with Crippen molar-refractivity contribution in [3.63, 3.8) is 0 Å². The number of rotatable bonds is 7. The van der Waals surface area contributed by atoms with Gasteiger partial charge in [0.25, 0.3) is 0 Å². The summed E-state index contributed by atoms with van der Waals surface area (Å²) in [6.45, 7) is 4.61. The molecule has 0 saturated carbocycles. The van der Waals surface area contributed by atoms with E-state index in [-0.39, 0.29) is 35.7 Å². The van der Waals surface area contributed by atoms with E-state index < -0.39 is 10.0 Å². The van der Waals surface area contributed by atoms with E-state index in [1.165, 1.54) is 11.4 Å². The van der Waals surface area contributed by atoms with Crippen LogP contribution >= 0.6 is 0 Å². The number of ether oxygens (including phenoxy) is 2. The first-order valence-electron chi connectivity index (χ1n) is 10.4. The SMILES string of the molecule is COc1cccc(NC(=O)C2CCN(S(=O)(=O)c3cc(C(C)C)ccc3OC)CC2)c1. The van der Waals surface area contributed by atoms with Crippen LogP contribution in [0.15, 0.2) is 47.4 Å². The Bertz CT molecular complexity index is 1030. The minimum Gasteiger partial charge on any atom is -0.497 e. The number of piperidine rings is 1. The normalized spacial score (nSPS) is 15.6. The number of methoxy groups -OCH3 is 2. The molecule has 7 nitrogen and oxygen atoms in total. The quantitative estimate of drug-likeness (QED) is 0.698. The van der Waals surface area contributed by atoms with E-state index in [1.807, 2.05) is 32.0 Å². The van der Waals surface area contributed by atoms with E-state index in [2.05, 4.69) is 5.32 Å². The van der Waals surface area contributed by atoms with Crippen molar-refractivity contribution >= 4 is 21.6 Å². The van der Waals surface area contributed by atoms with E-state index in [4.69, 9.17) is 9.47 Å². The Morgan fingerprint density at radius 3 is 2.39 bits per heavy atom. The molecule has 2 aromatic rings. The van der Waals surface area contributed by atoms with Gasteiger partial charge in [-0.3, -0.25) is 4.79 Å². The van der Waals surface area contributed by atoms with Gasteiger partial charge in [-0.25, -0.2) is 8.42 Å². The Labute approximate surface area is 184 Å². The Kier molecular flexibility index (Phi) is 7.23. The number of sulfonamides is 1. The van der Waals surface area contributed by atoms with Crippen molar-refractivity contribution in [2.24, 2.45) is 5.92 Å². The van der Waals surface area contributed by atoms with Crippen LogP contribution in [0.1, 0.15) is 38.2 Å². The molecule has 0 aromatic heterocycles. The highest BCUT2D eigenvalue weighted by molar-refractivity contribution is 7.89. The van der Waals surface area contributed by atoms with Gasteiger partial charge in [-0.05, 0) is 48.6 Å². The maximum Gasteiger partial charge on any atom is 0.246 e. The summed E-state index contributed by atoms with van der Waals surface area (Å²) in [6, 6.07) is 12.5. The summed E-state index contributed by atoms with van der Waals surface area (Å²) in [7, 11) is -0.675. The van der Waals surface area contributed by atoms with Gasteiger partial charge in [-0.1, -0.05) is 26.0 Å². The van der Waals surface area contributed by atoms with Crippen LogP contribution in [0.3, 0.4) is 0 Å². The highest BCUT2D eigenvalue weighted by Crippen LogP contribution is 2.32. The second kappa shape index (κ2) is 9.70. The maximum absolute atomic E-state index is 13.3. The summed E-state index contributed by atoms with van der Waals surface area (Å²) in [5.41, 5.74) is 1.60. The molecule has 3 rings (SSSR count). The van der Waals surface area contributed by atoms with Crippen LogP contribution in [-0.4, -0.2) is 45.9 Å².